The normalized spacial score (nSPS) is 24.1. The summed E-state index contributed by atoms with van der Waals surface area (Å²) >= 11 is 0. The van der Waals surface area contributed by atoms with Crippen LogP contribution in [0.1, 0.15) is 55.9 Å². The summed E-state index contributed by atoms with van der Waals surface area (Å²) in [5.41, 5.74) is 0.632. The first-order chi connectivity index (χ1) is 14.5. The Morgan fingerprint density at radius 2 is 1.83 bits per heavy atom. The number of hydrogen-bond acceptors (Lipinski definition) is 4. The van der Waals surface area contributed by atoms with Crippen molar-refractivity contribution in [2.75, 3.05) is 19.7 Å². The van der Waals surface area contributed by atoms with E-state index in [1.54, 1.807) is 30.5 Å². The van der Waals surface area contributed by atoms with E-state index in [-0.39, 0.29) is 36.5 Å². The molecule has 2 amide bonds. The Labute approximate surface area is 177 Å². The predicted octanol–water partition coefficient (Wildman–Crippen LogP) is 3.14. The molecule has 0 spiro atoms. The molecule has 2 fully saturated rings. The Morgan fingerprint density at radius 3 is 2.50 bits per heavy atom. The average molecular weight is 411 g/mol. The Hall–Kier alpha value is -2.83. The fourth-order valence-corrected chi connectivity index (χ4v) is 4.65. The molecule has 2 saturated heterocycles. The largest absolute Gasteiger partial charge is 0.484 e. The standard InChI is InChI=1S/C23H30N4O3/c1-17-5-3-6-18(2)27(17)22(28)16-30-21-9-7-19(8-10-21)23(29)25-14-11-20(15-25)26-13-4-12-24-26/h4,7-10,12-13,17-18,20H,3,5-6,11,14-16H2,1-2H3/t17-,18-,20-/m1/s1. The molecule has 0 saturated carbocycles. The minimum atomic E-state index is 0.0169. The highest BCUT2D eigenvalue weighted by Crippen LogP contribution is 2.24. The molecule has 160 valence electrons. The van der Waals surface area contributed by atoms with Crippen LogP contribution in [0.15, 0.2) is 42.7 Å². The Bertz CT molecular complexity index is 855. The summed E-state index contributed by atoms with van der Waals surface area (Å²) in [6.07, 6.45) is 7.87. The lowest BCUT2D eigenvalue weighted by atomic mass is 9.97. The second-order valence-electron chi connectivity index (χ2n) is 8.42. The maximum absolute atomic E-state index is 12.8. The molecule has 3 atom stereocenters. The number of hydrogen-bond donors (Lipinski definition) is 0. The topological polar surface area (TPSA) is 67.7 Å². The Kier molecular flexibility index (Phi) is 6.06. The van der Waals surface area contributed by atoms with Crippen LogP contribution in [-0.2, 0) is 4.79 Å². The van der Waals surface area contributed by atoms with Crippen molar-refractivity contribution in [2.45, 2.75) is 57.7 Å². The van der Waals surface area contributed by atoms with Crippen LogP contribution in [0.25, 0.3) is 0 Å². The molecule has 30 heavy (non-hydrogen) atoms. The molecule has 0 unspecified atom stereocenters. The zero-order chi connectivity index (χ0) is 21.1. The lowest BCUT2D eigenvalue weighted by Crippen LogP contribution is -2.49. The molecule has 0 N–H and O–H groups in total. The maximum Gasteiger partial charge on any atom is 0.260 e. The molecule has 3 heterocycles. The van der Waals surface area contributed by atoms with Gasteiger partial charge in [-0.3, -0.25) is 14.3 Å². The number of ether oxygens (including phenoxy) is 1. The van der Waals surface area contributed by atoms with Gasteiger partial charge in [-0.2, -0.15) is 5.10 Å². The van der Waals surface area contributed by atoms with Crippen LogP contribution < -0.4 is 4.74 Å². The zero-order valence-corrected chi connectivity index (χ0v) is 17.7. The van der Waals surface area contributed by atoms with Crippen molar-refractivity contribution < 1.29 is 14.3 Å². The number of likely N-dealkylation sites (tertiary alicyclic amines) is 2. The highest BCUT2D eigenvalue weighted by atomic mass is 16.5. The van der Waals surface area contributed by atoms with Gasteiger partial charge in [0.2, 0.25) is 0 Å². The summed E-state index contributed by atoms with van der Waals surface area (Å²) in [6, 6.07) is 9.74. The number of benzene rings is 1. The van der Waals surface area contributed by atoms with Gasteiger partial charge in [0.15, 0.2) is 6.61 Å². The predicted molar refractivity (Wildman–Crippen MR) is 113 cm³/mol. The van der Waals surface area contributed by atoms with E-state index in [4.69, 9.17) is 4.74 Å². The number of carbonyl (C=O) groups is 2. The maximum atomic E-state index is 12.8. The summed E-state index contributed by atoms with van der Waals surface area (Å²) in [5.74, 6) is 0.646. The van der Waals surface area contributed by atoms with Gasteiger partial charge in [0.1, 0.15) is 5.75 Å². The van der Waals surface area contributed by atoms with Crippen LogP contribution in [0.3, 0.4) is 0 Å². The van der Waals surface area contributed by atoms with Gasteiger partial charge < -0.3 is 14.5 Å². The molecule has 1 aromatic heterocycles. The van der Waals surface area contributed by atoms with Crippen molar-refractivity contribution in [3.05, 3.63) is 48.3 Å². The Balaban J connectivity index is 1.31. The first kappa shape index (κ1) is 20.4. The molecule has 1 aromatic carbocycles. The molecule has 0 aliphatic carbocycles. The molecule has 0 radical (unpaired) electrons. The fourth-order valence-electron chi connectivity index (χ4n) is 4.65. The number of aromatic nitrogens is 2. The molecule has 7 heteroatoms. The number of piperidine rings is 1. The van der Waals surface area contributed by atoms with Gasteiger partial charge in [-0.1, -0.05) is 0 Å². The summed E-state index contributed by atoms with van der Waals surface area (Å²) in [6.45, 7) is 5.62. The summed E-state index contributed by atoms with van der Waals surface area (Å²) < 4.78 is 7.64. The smallest absolute Gasteiger partial charge is 0.260 e. The van der Waals surface area contributed by atoms with Crippen LogP contribution in [0.4, 0.5) is 0 Å². The van der Waals surface area contributed by atoms with E-state index < -0.39 is 0 Å². The highest BCUT2D eigenvalue weighted by molar-refractivity contribution is 5.94. The monoisotopic (exact) mass is 410 g/mol. The summed E-state index contributed by atoms with van der Waals surface area (Å²) in [7, 11) is 0. The SMILES string of the molecule is C[C@@H]1CCC[C@@H](C)N1C(=O)COc1ccc(C(=O)N2CC[C@@H](n3cccn3)C2)cc1. The number of amides is 2. The number of carbonyl (C=O) groups excluding carboxylic acids is 2. The first-order valence-corrected chi connectivity index (χ1v) is 10.9. The molecular formula is C23H30N4O3. The highest BCUT2D eigenvalue weighted by Gasteiger charge is 2.30. The minimum Gasteiger partial charge on any atom is -0.484 e. The fraction of sp³-hybridized carbons (Fsp3) is 0.522. The van der Waals surface area contributed by atoms with Crippen molar-refractivity contribution in [2.24, 2.45) is 0 Å². The molecule has 7 nitrogen and oxygen atoms in total. The second-order valence-corrected chi connectivity index (χ2v) is 8.42. The minimum absolute atomic E-state index is 0.0169. The van der Waals surface area contributed by atoms with E-state index in [1.165, 1.54) is 6.42 Å². The van der Waals surface area contributed by atoms with Crippen LogP contribution in [0.2, 0.25) is 0 Å². The lowest BCUT2D eigenvalue weighted by Gasteiger charge is -2.38. The van der Waals surface area contributed by atoms with Crippen LogP contribution in [0.5, 0.6) is 5.75 Å². The van der Waals surface area contributed by atoms with Gasteiger partial charge in [-0.25, -0.2) is 0 Å². The summed E-state index contributed by atoms with van der Waals surface area (Å²) in [4.78, 5) is 29.2. The van der Waals surface area contributed by atoms with Gasteiger partial charge >= 0.3 is 0 Å². The first-order valence-electron chi connectivity index (χ1n) is 10.9. The third-order valence-corrected chi connectivity index (χ3v) is 6.29. The average Bonchev–Trinajstić information content (AvgIpc) is 3.44. The Morgan fingerprint density at radius 1 is 1.10 bits per heavy atom. The lowest BCUT2D eigenvalue weighted by molar-refractivity contribution is -0.139. The number of nitrogens with zero attached hydrogens (tertiary/aromatic N) is 4. The van der Waals surface area contributed by atoms with Crippen molar-refractivity contribution in [1.82, 2.24) is 19.6 Å². The van der Waals surface area contributed by atoms with Gasteiger partial charge in [0.25, 0.3) is 11.8 Å². The van der Waals surface area contributed by atoms with Gasteiger partial charge in [-0.05, 0) is 69.9 Å². The molecule has 0 bridgehead atoms. The van der Waals surface area contributed by atoms with Crippen molar-refractivity contribution in [1.29, 1.82) is 0 Å². The van der Waals surface area contributed by atoms with Crippen molar-refractivity contribution in [3.63, 3.8) is 0 Å². The van der Waals surface area contributed by atoms with Gasteiger partial charge in [0.05, 0.1) is 6.04 Å². The van der Waals surface area contributed by atoms with E-state index in [2.05, 4.69) is 18.9 Å². The quantitative estimate of drug-likeness (QED) is 0.760. The molecule has 2 aliphatic rings. The third-order valence-electron chi connectivity index (χ3n) is 6.29. The van der Waals surface area contributed by atoms with E-state index in [0.717, 1.165) is 25.8 Å². The third kappa shape index (κ3) is 4.35. The van der Waals surface area contributed by atoms with Crippen LogP contribution in [-0.4, -0.2) is 63.2 Å². The molecule has 4 rings (SSSR count). The van der Waals surface area contributed by atoms with Gasteiger partial charge in [0, 0.05) is 43.1 Å². The molecular weight excluding hydrogens is 380 g/mol. The molecule has 2 aromatic rings. The van der Waals surface area contributed by atoms with Gasteiger partial charge in [-0.15, -0.1) is 0 Å². The second kappa shape index (κ2) is 8.90. The number of rotatable bonds is 5. The molecule has 2 aliphatic heterocycles. The van der Waals surface area contributed by atoms with E-state index in [9.17, 15) is 9.59 Å². The zero-order valence-electron chi connectivity index (χ0n) is 17.7. The van der Waals surface area contributed by atoms with E-state index in [1.807, 2.05) is 26.7 Å². The van der Waals surface area contributed by atoms with E-state index >= 15 is 0 Å². The van der Waals surface area contributed by atoms with Crippen molar-refractivity contribution >= 4 is 11.8 Å². The van der Waals surface area contributed by atoms with Crippen LogP contribution in [0, 0.1) is 0 Å². The van der Waals surface area contributed by atoms with E-state index in [0.29, 0.717) is 17.9 Å². The van der Waals surface area contributed by atoms with Crippen LogP contribution >= 0.6 is 0 Å². The van der Waals surface area contributed by atoms with Crippen molar-refractivity contribution in [3.8, 4) is 5.75 Å². The summed E-state index contributed by atoms with van der Waals surface area (Å²) in [5, 5.41) is 4.29.